The molecule has 2 rings (SSSR count). The van der Waals surface area contributed by atoms with Gasteiger partial charge in [-0.3, -0.25) is 0 Å². The van der Waals surface area contributed by atoms with Crippen molar-refractivity contribution in [2.45, 2.75) is 52.0 Å². The van der Waals surface area contributed by atoms with Crippen molar-refractivity contribution in [1.29, 1.82) is 0 Å². The first-order chi connectivity index (χ1) is 9.24. The highest BCUT2D eigenvalue weighted by Crippen LogP contribution is 2.36. The predicted molar refractivity (Wildman–Crippen MR) is 80.7 cm³/mol. The molecule has 0 spiro atoms. The van der Waals surface area contributed by atoms with Gasteiger partial charge in [0, 0.05) is 11.6 Å². The van der Waals surface area contributed by atoms with E-state index in [9.17, 15) is 0 Å². The van der Waals surface area contributed by atoms with Crippen LogP contribution in [0, 0.1) is 12.8 Å². The van der Waals surface area contributed by atoms with E-state index in [4.69, 9.17) is 4.74 Å². The third-order valence-electron chi connectivity index (χ3n) is 4.25. The molecule has 0 amide bonds. The molecule has 1 aromatic rings. The summed E-state index contributed by atoms with van der Waals surface area (Å²) in [6, 6.07) is 6.94. The smallest absolute Gasteiger partial charge is 0.123 e. The van der Waals surface area contributed by atoms with E-state index in [2.05, 4.69) is 37.4 Å². The van der Waals surface area contributed by atoms with Gasteiger partial charge in [-0.15, -0.1) is 0 Å². The Morgan fingerprint density at radius 1 is 1.32 bits per heavy atom. The molecule has 1 aliphatic rings. The Bertz CT molecular complexity index is 396. The van der Waals surface area contributed by atoms with Gasteiger partial charge in [0.1, 0.15) is 5.75 Å². The minimum absolute atomic E-state index is 0.433. The summed E-state index contributed by atoms with van der Waals surface area (Å²) in [4.78, 5) is 0. The van der Waals surface area contributed by atoms with Gasteiger partial charge < -0.3 is 10.1 Å². The summed E-state index contributed by atoms with van der Waals surface area (Å²) >= 11 is 0. The van der Waals surface area contributed by atoms with Gasteiger partial charge in [-0.2, -0.15) is 0 Å². The van der Waals surface area contributed by atoms with Gasteiger partial charge >= 0.3 is 0 Å². The molecular weight excluding hydrogens is 234 g/mol. The van der Waals surface area contributed by atoms with Crippen LogP contribution in [0.5, 0.6) is 5.75 Å². The average molecular weight is 261 g/mol. The number of nitrogens with one attached hydrogen (secondary N) is 1. The summed E-state index contributed by atoms with van der Waals surface area (Å²) in [6.07, 6.45) is 6.86. The lowest BCUT2D eigenvalue weighted by Gasteiger charge is -2.24. The quantitative estimate of drug-likeness (QED) is 0.827. The third kappa shape index (κ3) is 3.73. The predicted octanol–water partition coefficient (Wildman–Crippen LogP) is 4.23. The fraction of sp³-hybridized carbons (Fsp3) is 0.647. The molecule has 2 nitrogen and oxygen atoms in total. The van der Waals surface area contributed by atoms with Crippen molar-refractivity contribution < 1.29 is 4.74 Å². The molecule has 0 saturated heterocycles. The lowest BCUT2D eigenvalue weighted by Crippen LogP contribution is -2.23. The highest BCUT2D eigenvalue weighted by molar-refractivity contribution is 5.39. The van der Waals surface area contributed by atoms with Crippen LogP contribution in [0.3, 0.4) is 0 Å². The van der Waals surface area contributed by atoms with E-state index < -0.39 is 0 Å². The summed E-state index contributed by atoms with van der Waals surface area (Å²) in [5.41, 5.74) is 2.64. The Hall–Kier alpha value is -1.02. The number of ether oxygens (including phenoxy) is 1. The standard InChI is InChI=1S/C17H27NO/c1-4-18-16(12-14-7-5-6-8-14)15-11-13(2)9-10-17(15)19-3/h9-11,14,16,18H,4-8,12H2,1-3H3. The first-order valence-corrected chi connectivity index (χ1v) is 7.62. The Kier molecular flexibility index (Phi) is 5.26. The van der Waals surface area contributed by atoms with E-state index in [1.54, 1.807) is 7.11 Å². The normalized spacial score (nSPS) is 17.6. The number of aryl methyl sites for hydroxylation is 1. The summed E-state index contributed by atoms with van der Waals surface area (Å²) in [5, 5.41) is 3.65. The number of benzene rings is 1. The maximum absolute atomic E-state index is 5.55. The van der Waals surface area contributed by atoms with Crippen LogP contribution in [-0.4, -0.2) is 13.7 Å². The molecule has 1 N–H and O–H groups in total. The van der Waals surface area contributed by atoms with E-state index >= 15 is 0 Å². The van der Waals surface area contributed by atoms with Gasteiger partial charge in [0.05, 0.1) is 7.11 Å². The molecule has 0 bridgehead atoms. The van der Waals surface area contributed by atoms with Crippen molar-refractivity contribution >= 4 is 0 Å². The van der Waals surface area contributed by atoms with Crippen molar-refractivity contribution in [1.82, 2.24) is 5.32 Å². The number of methoxy groups -OCH3 is 1. The molecule has 0 aromatic heterocycles. The summed E-state index contributed by atoms with van der Waals surface area (Å²) in [7, 11) is 1.77. The largest absolute Gasteiger partial charge is 0.496 e. The van der Waals surface area contributed by atoms with Crippen LogP contribution < -0.4 is 10.1 Å². The van der Waals surface area contributed by atoms with Crippen molar-refractivity contribution in [3.05, 3.63) is 29.3 Å². The number of hydrogen-bond donors (Lipinski definition) is 1. The molecule has 0 heterocycles. The fourth-order valence-electron chi connectivity index (χ4n) is 3.27. The van der Waals surface area contributed by atoms with Crippen LogP contribution in [0.1, 0.15) is 56.2 Å². The van der Waals surface area contributed by atoms with Crippen molar-refractivity contribution in [3.63, 3.8) is 0 Å². The lowest BCUT2D eigenvalue weighted by atomic mass is 9.92. The second-order valence-electron chi connectivity index (χ2n) is 5.74. The maximum atomic E-state index is 5.55. The van der Waals surface area contributed by atoms with E-state index in [-0.39, 0.29) is 0 Å². The highest BCUT2D eigenvalue weighted by Gasteiger charge is 2.22. The van der Waals surface area contributed by atoms with E-state index in [1.165, 1.54) is 43.2 Å². The van der Waals surface area contributed by atoms with Gasteiger partial charge in [-0.05, 0) is 31.9 Å². The molecule has 0 radical (unpaired) electrons. The molecule has 1 aliphatic carbocycles. The molecule has 1 saturated carbocycles. The third-order valence-corrected chi connectivity index (χ3v) is 4.25. The Labute approximate surface area is 117 Å². The van der Waals surface area contributed by atoms with E-state index in [1.807, 2.05) is 0 Å². The molecule has 1 atom stereocenters. The van der Waals surface area contributed by atoms with Crippen molar-refractivity contribution in [2.24, 2.45) is 5.92 Å². The Morgan fingerprint density at radius 3 is 2.68 bits per heavy atom. The first kappa shape index (κ1) is 14.4. The molecule has 0 aliphatic heterocycles. The van der Waals surface area contributed by atoms with E-state index in [0.29, 0.717) is 6.04 Å². The number of rotatable bonds is 6. The molecule has 1 unspecified atom stereocenters. The summed E-state index contributed by atoms with van der Waals surface area (Å²) in [5.74, 6) is 1.91. The fourth-order valence-corrected chi connectivity index (χ4v) is 3.27. The first-order valence-electron chi connectivity index (χ1n) is 7.62. The molecular formula is C17H27NO. The SMILES string of the molecule is CCNC(CC1CCCC1)c1cc(C)ccc1OC. The monoisotopic (exact) mass is 261 g/mol. The molecule has 1 aromatic carbocycles. The van der Waals surface area contributed by atoms with Crippen LogP contribution in [-0.2, 0) is 0 Å². The van der Waals surface area contributed by atoms with Gasteiger partial charge in [0.25, 0.3) is 0 Å². The average Bonchev–Trinajstić information content (AvgIpc) is 2.91. The highest BCUT2D eigenvalue weighted by atomic mass is 16.5. The van der Waals surface area contributed by atoms with Gasteiger partial charge in [0.15, 0.2) is 0 Å². The zero-order chi connectivity index (χ0) is 13.7. The van der Waals surface area contributed by atoms with Crippen LogP contribution in [0.2, 0.25) is 0 Å². The molecule has 19 heavy (non-hydrogen) atoms. The van der Waals surface area contributed by atoms with Crippen molar-refractivity contribution in [3.8, 4) is 5.75 Å². The Balaban J connectivity index is 2.18. The summed E-state index contributed by atoms with van der Waals surface area (Å²) < 4.78 is 5.55. The van der Waals surface area contributed by atoms with Crippen molar-refractivity contribution in [2.75, 3.05) is 13.7 Å². The van der Waals surface area contributed by atoms with Crippen LogP contribution >= 0.6 is 0 Å². The van der Waals surface area contributed by atoms with Gasteiger partial charge in [-0.1, -0.05) is 50.3 Å². The van der Waals surface area contributed by atoms with Crippen LogP contribution in [0.25, 0.3) is 0 Å². The zero-order valence-corrected chi connectivity index (χ0v) is 12.5. The van der Waals surface area contributed by atoms with Gasteiger partial charge in [0.2, 0.25) is 0 Å². The lowest BCUT2D eigenvalue weighted by molar-refractivity contribution is 0.370. The van der Waals surface area contributed by atoms with Gasteiger partial charge in [-0.25, -0.2) is 0 Å². The summed E-state index contributed by atoms with van der Waals surface area (Å²) in [6.45, 7) is 5.35. The van der Waals surface area contributed by atoms with E-state index in [0.717, 1.165) is 18.2 Å². The molecule has 1 fully saturated rings. The zero-order valence-electron chi connectivity index (χ0n) is 12.5. The van der Waals surface area contributed by atoms with Crippen LogP contribution in [0.15, 0.2) is 18.2 Å². The second-order valence-corrected chi connectivity index (χ2v) is 5.74. The van der Waals surface area contributed by atoms with Crippen LogP contribution in [0.4, 0.5) is 0 Å². The molecule has 106 valence electrons. The molecule has 2 heteroatoms. The minimum atomic E-state index is 0.433. The maximum Gasteiger partial charge on any atom is 0.123 e. The minimum Gasteiger partial charge on any atom is -0.496 e. The second kappa shape index (κ2) is 6.95. The topological polar surface area (TPSA) is 21.3 Å². The Morgan fingerprint density at radius 2 is 2.05 bits per heavy atom. The number of hydrogen-bond acceptors (Lipinski definition) is 2.